The van der Waals surface area contributed by atoms with E-state index < -0.39 is 12.1 Å². The summed E-state index contributed by atoms with van der Waals surface area (Å²) in [7, 11) is 0. The summed E-state index contributed by atoms with van der Waals surface area (Å²) < 4.78 is 9.81. The monoisotopic (exact) mass is 423 g/mol. The second-order valence-corrected chi connectivity index (χ2v) is 4.61. The van der Waals surface area contributed by atoms with Crippen LogP contribution in [0.3, 0.4) is 0 Å². The molecule has 125 valence electrons. The zero-order valence-corrected chi connectivity index (χ0v) is 15.9. The van der Waals surface area contributed by atoms with Gasteiger partial charge in [0, 0.05) is 44.7 Å². The molecule has 6 nitrogen and oxygen atoms in total. The third kappa shape index (κ3) is 10.5. The van der Waals surface area contributed by atoms with Crippen molar-refractivity contribution in [2.45, 2.75) is 25.9 Å². The second-order valence-electron chi connectivity index (χ2n) is 3.88. The molecule has 0 aliphatic heterocycles. The van der Waals surface area contributed by atoms with E-state index in [0.717, 1.165) is 0 Å². The van der Waals surface area contributed by atoms with Gasteiger partial charge >= 0.3 is 11.9 Å². The molecule has 0 rings (SSSR count). The Morgan fingerprint density at radius 1 is 0.905 bits per heavy atom. The molecule has 2 N–H and O–H groups in total. The van der Waals surface area contributed by atoms with Gasteiger partial charge in [-0.25, -0.2) is 0 Å². The van der Waals surface area contributed by atoms with Crippen molar-refractivity contribution >= 4 is 37.2 Å². The number of hydrogen-bond acceptors (Lipinski definition) is 8. The smallest absolute Gasteiger partial charge is 0.323 e. The maximum Gasteiger partial charge on any atom is 0.323 e. The average Bonchev–Trinajstić information content (AvgIpc) is 2.43. The quantitative estimate of drug-likeness (QED) is 0.211. The molecule has 0 unspecified atom stereocenters. The Balaban J connectivity index is 0. The normalized spacial score (nSPS) is 13.0. The summed E-state index contributed by atoms with van der Waals surface area (Å²) in [5, 5.41) is 6.03. The standard InChI is InChI=1S/C12H24N2O4S2.Tc/c1-3-17-11(15)9(7-19)13-5-6-14-10(8-20)12(16)18-4-2;/h9-10,13-14,19-20H,3-8H2,1-2H3;/t9-,10-;/m0./s1/i;1+1. The van der Waals surface area contributed by atoms with Crippen LogP contribution in [0.5, 0.6) is 0 Å². The first-order valence-corrected chi connectivity index (χ1v) is 7.88. The number of carbonyl (C=O) groups is 2. The largest absolute Gasteiger partial charge is 0.465 e. The number of hydrogen-bond donors (Lipinski definition) is 4. The first-order chi connectivity index (χ1) is 9.60. The van der Waals surface area contributed by atoms with Crippen molar-refractivity contribution in [3.63, 3.8) is 0 Å². The number of nitrogens with one attached hydrogen (secondary N) is 2. The topological polar surface area (TPSA) is 76.7 Å². The van der Waals surface area contributed by atoms with Crippen molar-refractivity contribution in [1.82, 2.24) is 10.6 Å². The van der Waals surface area contributed by atoms with Crippen molar-refractivity contribution in [3.05, 3.63) is 0 Å². The van der Waals surface area contributed by atoms with Crippen LogP contribution in [0.15, 0.2) is 0 Å². The molecule has 0 aliphatic carbocycles. The summed E-state index contributed by atoms with van der Waals surface area (Å²) in [4.78, 5) is 23.0. The van der Waals surface area contributed by atoms with Crippen LogP contribution in [0.4, 0.5) is 0 Å². The van der Waals surface area contributed by atoms with Gasteiger partial charge in [0.05, 0.1) is 13.2 Å². The molecule has 0 aliphatic rings. The Labute approximate surface area is 150 Å². The van der Waals surface area contributed by atoms with Crippen LogP contribution >= 0.6 is 25.3 Å². The molecule has 0 aromatic rings. The summed E-state index contributed by atoms with van der Waals surface area (Å²) in [6, 6.07) is -0.894. The molecule has 1 radical (unpaired) electrons. The SMILES string of the molecule is CCOC(=O)[C@H](CS)NCCN[C@@H](CS)C(=O)OCC.[99Tc]. The maximum atomic E-state index is 11.5. The van der Waals surface area contributed by atoms with Crippen LogP contribution in [0, 0.1) is 0 Å². The molecular weight excluding hydrogens is 399 g/mol. The van der Waals surface area contributed by atoms with Gasteiger partial charge < -0.3 is 20.1 Å². The van der Waals surface area contributed by atoms with Gasteiger partial charge in [-0.15, -0.1) is 0 Å². The Morgan fingerprint density at radius 3 is 1.48 bits per heavy atom. The summed E-state index contributed by atoms with van der Waals surface area (Å²) in [5.74, 6) is 0.0663. The van der Waals surface area contributed by atoms with E-state index in [4.69, 9.17) is 9.47 Å². The summed E-state index contributed by atoms with van der Waals surface area (Å²) >= 11 is 8.20. The van der Waals surface area contributed by atoms with Gasteiger partial charge in [0.25, 0.3) is 0 Å². The van der Waals surface area contributed by atoms with Crippen molar-refractivity contribution in [2.24, 2.45) is 0 Å². The van der Waals surface area contributed by atoms with Gasteiger partial charge in [-0.3, -0.25) is 9.59 Å². The Morgan fingerprint density at radius 2 is 1.24 bits per heavy atom. The van der Waals surface area contributed by atoms with E-state index in [1.165, 1.54) is 0 Å². The minimum atomic E-state index is -0.447. The fourth-order valence-electron chi connectivity index (χ4n) is 1.42. The number of rotatable bonds is 11. The fraction of sp³-hybridized carbons (Fsp3) is 0.833. The molecular formula is C12H24N2O4S2Tc. The predicted octanol–water partition coefficient (Wildman–Crippen LogP) is -0.114. The number of ether oxygens (including phenoxy) is 2. The van der Waals surface area contributed by atoms with E-state index >= 15 is 0 Å². The molecule has 2 atom stereocenters. The van der Waals surface area contributed by atoms with Gasteiger partial charge in [0.1, 0.15) is 12.1 Å². The van der Waals surface area contributed by atoms with E-state index in [0.29, 0.717) is 37.8 Å². The summed E-state index contributed by atoms with van der Waals surface area (Å²) in [5.41, 5.74) is 0. The minimum absolute atomic E-state index is 0. The van der Waals surface area contributed by atoms with Gasteiger partial charge in [-0.2, -0.15) is 25.3 Å². The first kappa shape index (κ1) is 23.5. The van der Waals surface area contributed by atoms with Crippen LogP contribution in [0.1, 0.15) is 13.8 Å². The summed E-state index contributed by atoms with van der Waals surface area (Å²) in [6.45, 7) is 5.21. The Hall–Kier alpha value is 0.209. The molecule has 0 saturated heterocycles. The zero-order valence-electron chi connectivity index (χ0n) is 12.3. The van der Waals surface area contributed by atoms with E-state index in [2.05, 4.69) is 35.9 Å². The fourth-order valence-corrected chi connectivity index (χ4v) is 1.98. The van der Waals surface area contributed by atoms with E-state index in [1.807, 2.05) is 0 Å². The molecule has 0 bridgehead atoms. The van der Waals surface area contributed by atoms with Crippen LogP contribution in [-0.2, 0) is 39.2 Å². The molecule has 0 amide bonds. The minimum Gasteiger partial charge on any atom is -0.465 e. The molecule has 0 fully saturated rings. The van der Waals surface area contributed by atoms with Crippen molar-refractivity contribution in [2.75, 3.05) is 37.8 Å². The van der Waals surface area contributed by atoms with Gasteiger partial charge in [0.15, 0.2) is 0 Å². The molecule has 0 aromatic heterocycles. The molecule has 0 spiro atoms. The number of thiol groups is 2. The Bertz CT molecular complexity index is 270. The van der Waals surface area contributed by atoms with E-state index in [-0.39, 0.29) is 32.0 Å². The maximum absolute atomic E-state index is 11.5. The number of esters is 2. The van der Waals surface area contributed by atoms with Crippen molar-refractivity contribution in [1.29, 1.82) is 0 Å². The number of carbonyl (C=O) groups excluding carboxylic acids is 2. The van der Waals surface area contributed by atoms with Crippen LogP contribution in [0.25, 0.3) is 0 Å². The van der Waals surface area contributed by atoms with E-state index in [1.54, 1.807) is 13.8 Å². The third-order valence-corrected chi connectivity index (χ3v) is 3.14. The first-order valence-electron chi connectivity index (χ1n) is 6.62. The zero-order chi connectivity index (χ0) is 15.4. The van der Waals surface area contributed by atoms with E-state index in [9.17, 15) is 9.59 Å². The van der Waals surface area contributed by atoms with Crippen LogP contribution < -0.4 is 10.6 Å². The predicted molar refractivity (Wildman–Crippen MR) is 84.6 cm³/mol. The molecule has 21 heavy (non-hydrogen) atoms. The van der Waals surface area contributed by atoms with Crippen molar-refractivity contribution < 1.29 is 39.2 Å². The molecule has 0 saturated carbocycles. The molecule has 0 heterocycles. The van der Waals surface area contributed by atoms with Gasteiger partial charge in [-0.05, 0) is 13.8 Å². The average molecular weight is 423 g/mol. The summed E-state index contributed by atoms with van der Waals surface area (Å²) in [6.07, 6.45) is 0. The second kappa shape index (κ2) is 15.1. The van der Waals surface area contributed by atoms with Crippen LogP contribution in [-0.4, -0.2) is 61.8 Å². The van der Waals surface area contributed by atoms with Crippen LogP contribution in [0.2, 0.25) is 0 Å². The molecule has 9 heteroatoms. The van der Waals surface area contributed by atoms with Gasteiger partial charge in [0.2, 0.25) is 0 Å². The van der Waals surface area contributed by atoms with Gasteiger partial charge in [-0.1, -0.05) is 0 Å². The van der Waals surface area contributed by atoms with Crippen molar-refractivity contribution in [3.8, 4) is 0 Å². The Kier molecular flexibility index (Phi) is 16.9. The molecule has 0 aromatic carbocycles. The third-order valence-electron chi connectivity index (χ3n) is 2.41.